The lowest BCUT2D eigenvalue weighted by Crippen LogP contribution is -2.22. The third-order valence-electron chi connectivity index (χ3n) is 3.91. The summed E-state index contributed by atoms with van der Waals surface area (Å²) in [6.45, 7) is 1.87. The molecule has 120 valence electrons. The van der Waals surface area contributed by atoms with Gasteiger partial charge < -0.3 is 10.1 Å². The van der Waals surface area contributed by atoms with Gasteiger partial charge in [-0.3, -0.25) is 9.13 Å². The second-order valence-corrected chi connectivity index (χ2v) is 5.49. The van der Waals surface area contributed by atoms with Crippen LogP contribution in [0, 0.1) is 0 Å². The van der Waals surface area contributed by atoms with Gasteiger partial charge in [0.25, 0.3) is 0 Å². The molecule has 0 spiro atoms. The molecule has 0 saturated carbocycles. The van der Waals surface area contributed by atoms with Gasteiger partial charge in [0.1, 0.15) is 17.9 Å². The molecule has 0 aliphatic rings. The van der Waals surface area contributed by atoms with Crippen LogP contribution in [0.3, 0.4) is 0 Å². The Hall–Kier alpha value is -2.53. The Kier molecular flexibility index (Phi) is 4.48. The smallest absolute Gasteiger partial charge is 0.329 e. The van der Waals surface area contributed by atoms with Crippen molar-refractivity contribution in [3.63, 3.8) is 0 Å². The zero-order chi connectivity index (χ0) is 16.2. The van der Waals surface area contributed by atoms with Gasteiger partial charge in [-0.2, -0.15) is 0 Å². The zero-order valence-corrected chi connectivity index (χ0v) is 13.5. The van der Waals surface area contributed by atoms with Crippen molar-refractivity contribution in [2.45, 2.75) is 6.54 Å². The number of aromatic nitrogens is 2. The molecule has 0 aliphatic heterocycles. The van der Waals surface area contributed by atoms with Crippen molar-refractivity contribution >= 4 is 11.0 Å². The normalized spacial score (nSPS) is 11.0. The summed E-state index contributed by atoms with van der Waals surface area (Å²) in [7, 11) is 3.67. The highest BCUT2D eigenvalue weighted by molar-refractivity contribution is 5.82. The van der Waals surface area contributed by atoms with E-state index >= 15 is 0 Å². The summed E-state index contributed by atoms with van der Waals surface area (Å²) in [4.78, 5) is 12.6. The lowest BCUT2D eigenvalue weighted by Gasteiger charge is -2.08. The number of hydrogen-bond donors (Lipinski definition) is 1. The minimum atomic E-state index is -0.0338. The number of nitrogens with one attached hydrogen (secondary N) is 1. The molecule has 0 aliphatic carbocycles. The van der Waals surface area contributed by atoms with Crippen molar-refractivity contribution in [2.24, 2.45) is 7.05 Å². The number of nitrogens with zero attached hydrogens (tertiary/aromatic N) is 2. The number of benzene rings is 2. The zero-order valence-electron chi connectivity index (χ0n) is 13.5. The predicted molar refractivity (Wildman–Crippen MR) is 92.1 cm³/mol. The molecule has 0 fully saturated rings. The van der Waals surface area contributed by atoms with Crippen LogP contribution in [-0.2, 0) is 13.6 Å². The molecule has 0 radical (unpaired) electrons. The van der Waals surface area contributed by atoms with Crippen LogP contribution in [0.5, 0.6) is 5.75 Å². The van der Waals surface area contributed by atoms with Crippen LogP contribution in [0.1, 0.15) is 5.56 Å². The van der Waals surface area contributed by atoms with E-state index in [0.717, 1.165) is 28.9 Å². The number of rotatable bonds is 6. The number of fused-ring (bicyclic) bond motifs is 1. The van der Waals surface area contributed by atoms with Gasteiger partial charge in [-0.25, -0.2) is 4.79 Å². The number of likely N-dealkylation sites (N-methyl/N-ethyl adjacent to an activating group) is 1. The SMILES string of the molecule is CNCCOc1cccc2c1n(C)c(=O)n2Cc1ccccc1. The van der Waals surface area contributed by atoms with Crippen molar-refractivity contribution in [2.75, 3.05) is 20.2 Å². The number of para-hydroxylation sites is 1. The van der Waals surface area contributed by atoms with Crippen LogP contribution < -0.4 is 15.7 Å². The van der Waals surface area contributed by atoms with E-state index in [9.17, 15) is 4.79 Å². The molecule has 0 atom stereocenters. The van der Waals surface area contributed by atoms with E-state index in [1.54, 1.807) is 16.2 Å². The minimum absolute atomic E-state index is 0.0338. The summed E-state index contributed by atoms with van der Waals surface area (Å²) >= 11 is 0. The maximum absolute atomic E-state index is 12.6. The molecule has 0 saturated heterocycles. The van der Waals surface area contributed by atoms with Crippen LogP contribution >= 0.6 is 0 Å². The number of hydrogen-bond acceptors (Lipinski definition) is 3. The molecule has 3 aromatic rings. The Morgan fingerprint density at radius 2 is 1.87 bits per heavy atom. The minimum Gasteiger partial charge on any atom is -0.490 e. The maximum atomic E-state index is 12.6. The number of aryl methyl sites for hydroxylation is 1. The monoisotopic (exact) mass is 311 g/mol. The largest absolute Gasteiger partial charge is 0.490 e. The molecule has 1 N–H and O–H groups in total. The molecule has 0 unspecified atom stereocenters. The third-order valence-corrected chi connectivity index (χ3v) is 3.91. The molecule has 3 rings (SSSR count). The van der Waals surface area contributed by atoms with E-state index in [1.165, 1.54) is 0 Å². The average molecular weight is 311 g/mol. The number of ether oxygens (including phenoxy) is 1. The van der Waals surface area contributed by atoms with Crippen LogP contribution in [-0.4, -0.2) is 29.3 Å². The number of imidazole rings is 1. The summed E-state index contributed by atoms with van der Waals surface area (Å²) in [6.07, 6.45) is 0. The lowest BCUT2D eigenvalue weighted by molar-refractivity contribution is 0.321. The van der Waals surface area contributed by atoms with E-state index in [0.29, 0.717) is 13.2 Å². The van der Waals surface area contributed by atoms with Gasteiger partial charge in [0.05, 0.1) is 12.1 Å². The van der Waals surface area contributed by atoms with E-state index in [2.05, 4.69) is 5.32 Å². The lowest BCUT2D eigenvalue weighted by atomic mass is 10.2. The highest BCUT2D eigenvalue weighted by atomic mass is 16.5. The Morgan fingerprint density at radius 1 is 1.09 bits per heavy atom. The van der Waals surface area contributed by atoms with Gasteiger partial charge in [0.15, 0.2) is 0 Å². The van der Waals surface area contributed by atoms with E-state index in [-0.39, 0.29) is 5.69 Å². The Labute approximate surface area is 135 Å². The van der Waals surface area contributed by atoms with Crippen molar-refractivity contribution < 1.29 is 4.74 Å². The second-order valence-electron chi connectivity index (χ2n) is 5.49. The molecule has 5 nitrogen and oxygen atoms in total. The Morgan fingerprint density at radius 3 is 2.61 bits per heavy atom. The van der Waals surface area contributed by atoms with E-state index in [4.69, 9.17) is 4.74 Å². The van der Waals surface area contributed by atoms with Crippen LogP contribution in [0.15, 0.2) is 53.3 Å². The first-order valence-corrected chi connectivity index (χ1v) is 7.72. The van der Waals surface area contributed by atoms with Crippen LogP contribution in [0.4, 0.5) is 0 Å². The summed E-state index contributed by atoms with van der Waals surface area (Å²) < 4.78 is 9.27. The fourth-order valence-corrected chi connectivity index (χ4v) is 2.74. The summed E-state index contributed by atoms with van der Waals surface area (Å²) in [5, 5.41) is 3.05. The summed E-state index contributed by atoms with van der Waals surface area (Å²) in [5.41, 5.74) is 2.80. The van der Waals surface area contributed by atoms with Crippen molar-refractivity contribution in [3.05, 3.63) is 64.6 Å². The molecular weight excluding hydrogens is 290 g/mol. The van der Waals surface area contributed by atoms with Crippen LogP contribution in [0.2, 0.25) is 0 Å². The van der Waals surface area contributed by atoms with Gasteiger partial charge >= 0.3 is 5.69 Å². The standard InChI is InChI=1S/C18H21N3O2/c1-19-11-12-23-16-10-6-9-15-17(16)20(2)18(22)21(15)13-14-7-4-3-5-8-14/h3-10,19H,11-13H2,1-2H3. The average Bonchev–Trinajstić information content (AvgIpc) is 2.82. The molecular formula is C18H21N3O2. The van der Waals surface area contributed by atoms with Crippen LogP contribution in [0.25, 0.3) is 11.0 Å². The molecule has 1 heterocycles. The van der Waals surface area contributed by atoms with Gasteiger partial charge in [0, 0.05) is 13.6 Å². The van der Waals surface area contributed by atoms with E-state index in [1.807, 2.05) is 55.6 Å². The summed E-state index contributed by atoms with van der Waals surface area (Å²) in [5.74, 6) is 0.740. The molecule has 2 aromatic carbocycles. The van der Waals surface area contributed by atoms with Crippen molar-refractivity contribution in [1.82, 2.24) is 14.5 Å². The van der Waals surface area contributed by atoms with Gasteiger partial charge in [-0.1, -0.05) is 36.4 Å². The second kappa shape index (κ2) is 6.71. The summed E-state index contributed by atoms with van der Waals surface area (Å²) in [6, 6.07) is 15.8. The first kappa shape index (κ1) is 15.4. The first-order valence-electron chi connectivity index (χ1n) is 7.72. The van der Waals surface area contributed by atoms with Gasteiger partial charge in [-0.15, -0.1) is 0 Å². The first-order chi connectivity index (χ1) is 11.2. The molecule has 5 heteroatoms. The predicted octanol–water partition coefficient (Wildman–Crippen LogP) is 1.99. The highest BCUT2D eigenvalue weighted by Gasteiger charge is 2.14. The van der Waals surface area contributed by atoms with Gasteiger partial charge in [0.2, 0.25) is 0 Å². The topological polar surface area (TPSA) is 48.2 Å². The molecule has 0 bridgehead atoms. The fraction of sp³-hybridized carbons (Fsp3) is 0.278. The van der Waals surface area contributed by atoms with Crippen molar-refractivity contribution in [1.29, 1.82) is 0 Å². The van der Waals surface area contributed by atoms with Crippen molar-refractivity contribution in [3.8, 4) is 5.75 Å². The third kappa shape index (κ3) is 3.00. The quantitative estimate of drug-likeness (QED) is 0.708. The van der Waals surface area contributed by atoms with Gasteiger partial charge in [-0.05, 0) is 24.7 Å². The van der Waals surface area contributed by atoms with E-state index < -0.39 is 0 Å². The Bertz CT molecular complexity index is 850. The molecule has 1 aromatic heterocycles. The maximum Gasteiger partial charge on any atom is 0.329 e. The Balaban J connectivity index is 2.04. The fourth-order valence-electron chi connectivity index (χ4n) is 2.74. The highest BCUT2D eigenvalue weighted by Crippen LogP contribution is 2.24. The molecule has 0 amide bonds. The molecule has 23 heavy (non-hydrogen) atoms.